The van der Waals surface area contributed by atoms with Crippen molar-refractivity contribution in [1.82, 2.24) is 5.32 Å². The highest BCUT2D eigenvalue weighted by Crippen LogP contribution is 2.41. The minimum absolute atomic E-state index is 0.0613. The van der Waals surface area contributed by atoms with Crippen molar-refractivity contribution in [3.05, 3.63) is 35.9 Å². The van der Waals surface area contributed by atoms with Crippen molar-refractivity contribution in [2.45, 2.75) is 32.4 Å². The number of hydrogen-bond acceptors (Lipinski definition) is 3. The Bertz CT molecular complexity index is 377. The molecule has 18 heavy (non-hydrogen) atoms. The van der Waals surface area contributed by atoms with E-state index in [0.29, 0.717) is 6.54 Å². The lowest BCUT2D eigenvalue weighted by Gasteiger charge is -2.50. The van der Waals surface area contributed by atoms with Gasteiger partial charge in [0.25, 0.3) is 0 Å². The van der Waals surface area contributed by atoms with Gasteiger partial charge in [0.15, 0.2) is 0 Å². The van der Waals surface area contributed by atoms with Crippen LogP contribution in [0.25, 0.3) is 0 Å². The molecule has 100 valence electrons. The number of thioether (sulfide) groups is 1. The molecular formula is C15H24N2S. The molecule has 1 heterocycles. The van der Waals surface area contributed by atoms with Gasteiger partial charge < -0.3 is 11.1 Å². The molecule has 3 N–H and O–H groups in total. The summed E-state index contributed by atoms with van der Waals surface area (Å²) in [4.78, 5) is 0. The first-order valence-corrected chi connectivity index (χ1v) is 7.82. The second-order valence-corrected chi connectivity index (χ2v) is 6.92. The van der Waals surface area contributed by atoms with Gasteiger partial charge in [0.1, 0.15) is 0 Å². The molecule has 1 aliphatic heterocycles. The van der Waals surface area contributed by atoms with Gasteiger partial charge in [-0.3, -0.25) is 0 Å². The normalized spacial score (nSPS) is 27.1. The minimum atomic E-state index is 0.0613. The van der Waals surface area contributed by atoms with E-state index in [9.17, 15) is 0 Å². The zero-order chi connectivity index (χ0) is 13.1. The largest absolute Gasteiger partial charge is 0.329 e. The van der Waals surface area contributed by atoms with Crippen molar-refractivity contribution in [3.8, 4) is 0 Å². The summed E-state index contributed by atoms with van der Waals surface area (Å²) in [7, 11) is 0. The van der Waals surface area contributed by atoms with E-state index < -0.39 is 0 Å². The predicted octanol–water partition coefficient (Wildman–Crippen LogP) is 2.64. The lowest BCUT2D eigenvalue weighted by Crippen LogP contribution is -2.64. The summed E-state index contributed by atoms with van der Waals surface area (Å²) < 4.78 is 0. The Morgan fingerprint density at radius 2 is 2.00 bits per heavy atom. The topological polar surface area (TPSA) is 38.0 Å². The number of nitrogens with one attached hydrogen (secondary N) is 1. The summed E-state index contributed by atoms with van der Waals surface area (Å²) in [6.45, 7) is 6.30. The number of benzene rings is 1. The van der Waals surface area contributed by atoms with Gasteiger partial charge in [0.2, 0.25) is 0 Å². The molecule has 2 nitrogen and oxygen atoms in total. The van der Waals surface area contributed by atoms with E-state index in [2.05, 4.69) is 49.5 Å². The van der Waals surface area contributed by atoms with E-state index in [1.807, 2.05) is 11.8 Å². The van der Waals surface area contributed by atoms with Crippen LogP contribution in [0.2, 0.25) is 0 Å². The maximum absolute atomic E-state index is 6.10. The molecule has 1 aliphatic rings. The van der Waals surface area contributed by atoms with Crippen molar-refractivity contribution >= 4 is 11.8 Å². The zero-order valence-electron chi connectivity index (χ0n) is 11.4. The lowest BCUT2D eigenvalue weighted by atomic mass is 9.70. The highest BCUT2D eigenvalue weighted by atomic mass is 32.2. The zero-order valence-corrected chi connectivity index (χ0v) is 12.2. The molecule has 1 fully saturated rings. The van der Waals surface area contributed by atoms with Crippen LogP contribution in [0.5, 0.6) is 0 Å². The monoisotopic (exact) mass is 264 g/mol. The molecule has 1 aromatic carbocycles. The molecule has 0 aromatic heterocycles. The van der Waals surface area contributed by atoms with E-state index in [1.165, 1.54) is 17.7 Å². The SMILES string of the molecule is CC1(C)CCSCC1(CN)NCc1ccccc1. The van der Waals surface area contributed by atoms with E-state index in [1.54, 1.807) is 0 Å². The van der Waals surface area contributed by atoms with E-state index >= 15 is 0 Å². The summed E-state index contributed by atoms with van der Waals surface area (Å²) in [6, 6.07) is 10.6. The van der Waals surface area contributed by atoms with Crippen LogP contribution in [0.15, 0.2) is 30.3 Å². The first-order chi connectivity index (χ1) is 8.60. The van der Waals surface area contributed by atoms with Crippen molar-refractivity contribution < 1.29 is 0 Å². The smallest absolute Gasteiger partial charge is 0.0449 e. The molecule has 1 atom stereocenters. The summed E-state index contributed by atoms with van der Waals surface area (Å²) in [5.41, 5.74) is 7.76. The van der Waals surface area contributed by atoms with Gasteiger partial charge in [-0.05, 0) is 23.2 Å². The van der Waals surface area contributed by atoms with E-state index in [4.69, 9.17) is 5.73 Å². The molecule has 3 heteroatoms. The Balaban J connectivity index is 2.08. The summed E-state index contributed by atoms with van der Waals surface area (Å²) in [5, 5.41) is 3.75. The van der Waals surface area contributed by atoms with Crippen molar-refractivity contribution in [3.63, 3.8) is 0 Å². The van der Waals surface area contributed by atoms with Crippen LogP contribution >= 0.6 is 11.8 Å². The molecule has 0 spiro atoms. The molecule has 0 radical (unpaired) electrons. The Kier molecular flexibility index (Phi) is 4.36. The van der Waals surface area contributed by atoms with Gasteiger partial charge in [-0.25, -0.2) is 0 Å². The third kappa shape index (κ3) is 2.73. The van der Waals surface area contributed by atoms with E-state index in [-0.39, 0.29) is 11.0 Å². The van der Waals surface area contributed by atoms with Gasteiger partial charge in [-0.2, -0.15) is 11.8 Å². The third-order valence-electron chi connectivity index (χ3n) is 4.34. The Hall–Kier alpha value is -0.510. The molecule has 0 amide bonds. The number of hydrogen-bond donors (Lipinski definition) is 2. The fraction of sp³-hybridized carbons (Fsp3) is 0.600. The van der Waals surface area contributed by atoms with Crippen molar-refractivity contribution in [2.75, 3.05) is 18.1 Å². The molecule has 0 saturated carbocycles. The van der Waals surface area contributed by atoms with Gasteiger partial charge >= 0.3 is 0 Å². The Morgan fingerprint density at radius 3 is 2.61 bits per heavy atom. The Morgan fingerprint density at radius 1 is 1.28 bits per heavy atom. The summed E-state index contributed by atoms with van der Waals surface area (Å²) in [6.07, 6.45) is 1.23. The quantitative estimate of drug-likeness (QED) is 0.878. The fourth-order valence-electron chi connectivity index (χ4n) is 2.57. The first-order valence-electron chi connectivity index (χ1n) is 6.66. The second kappa shape index (κ2) is 5.64. The maximum atomic E-state index is 6.10. The molecule has 1 unspecified atom stereocenters. The van der Waals surface area contributed by atoms with Crippen molar-refractivity contribution in [2.24, 2.45) is 11.1 Å². The standard InChI is InChI=1S/C15H24N2S/c1-14(2)8-9-18-12-15(14,11-16)17-10-13-6-4-3-5-7-13/h3-7,17H,8-12,16H2,1-2H3. The molecule has 1 saturated heterocycles. The molecule has 0 aliphatic carbocycles. The number of rotatable bonds is 4. The van der Waals surface area contributed by atoms with Gasteiger partial charge in [-0.15, -0.1) is 0 Å². The average molecular weight is 264 g/mol. The van der Waals surface area contributed by atoms with Gasteiger partial charge in [0, 0.05) is 24.4 Å². The van der Waals surface area contributed by atoms with Gasteiger partial charge in [0.05, 0.1) is 0 Å². The van der Waals surface area contributed by atoms with Crippen LogP contribution in [-0.2, 0) is 6.54 Å². The van der Waals surface area contributed by atoms with Crippen LogP contribution in [0.3, 0.4) is 0 Å². The Labute approximate surface area is 115 Å². The first kappa shape index (κ1) is 13.9. The minimum Gasteiger partial charge on any atom is -0.329 e. The van der Waals surface area contributed by atoms with Crippen LogP contribution < -0.4 is 11.1 Å². The second-order valence-electron chi connectivity index (χ2n) is 5.81. The molecule has 1 aromatic rings. The highest BCUT2D eigenvalue weighted by molar-refractivity contribution is 7.99. The summed E-state index contributed by atoms with van der Waals surface area (Å²) >= 11 is 2.02. The van der Waals surface area contributed by atoms with Crippen LogP contribution in [0.4, 0.5) is 0 Å². The van der Waals surface area contributed by atoms with E-state index in [0.717, 1.165) is 12.3 Å². The van der Waals surface area contributed by atoms with Crippen LogP contribution in [0.1, 0.15) is 25.8 Å². The van der Waals surface area contributed by atoms with Gasteiger partial charge in [-0.1, -0.05) is 44.2 Å². The predicted molar refractivity (Wildman–Crippen MR) is 80.8 cm³/mol. The fourth-order valence-corrected chi connectivity index (χ4v) is 4.33. The number of nitrogens with two attached hydrogens (primary N) is 1. The molecule has 2 rings (SSSR count). The highest BCUT2D eigenvalue weighted by Gasteiger charge is 2.45. The average Bonchev–Trinajstić information content (AvgIpc) is 2.39. The maximum Gasteiger partial charge on any atom is 0.0449 e. The lowest BCUT2D eigenvalue weighted by molar-refractivity contribution is 0.135. The van der Waals surface area contributed by atoms with Crippen LogP contribution in [-0.4, -0.2) is 23.6 Å². The molecule has 0 bridgehead atoms. The summed E-state index contributed by atoms with van der Waals surface area (Å²) in [5.74, 6) is 2.37. The third-order valence-corrected chi connectivity index (χ3v) is 5.53. The van der Waals surface area contributed by atoms with Crippen LogP contribution in [0, 0.1) is 5.41 Å². The van der Waals surface area contributed by atoms with Crippen molar-refractivity contribution in [1.29, 1.82) is 0 Å². The molecular weight excluding hydrogens is 240 g/mol.